The summed E-state index contributed by atoms with van der Waals surface area (Å²) >= 11 is 0. The zero-order valence-electron chi connectivity index (χ0n) is 38.2. The van der Waals surface area contributed by atoms with E-state index in [-0.39, 0.29) is 11.3 Å². The van der Waals surface area contributed by atoms with Crippen molar-refractivity contribution in [2.45, 2.75) is 44.4 Å². The van der Waals surface area contributed by atoms with Crippen molar-refractivity contribution < 1.29 is 0 Å². The van der Waals surface area contributed by atoms with Gasteiger partial charge in [0, 0.05) is 43.8 Å². The minimum absolute atomic E-state index is 0.00940. The van der Waals surface area contributed by atoms with Crippen molar-refractivity contribution in [1.82, 2.24) is 19.1 Å². The lowest BCUT2D eigenvalue weighted by molar-refractivity contribution is 0.504. The third-order valence-electron chi connectivity index (χ3n) is 14.1. The van der Waals surface area contributed by atoms with Crippen molar-refractivity contribution in [2.75, 3.05) is 0 Å². The lowest BCUT2D eigenvalue weighted by atomic mass is 9.66. The Morgan fingerprint density at radius 1 is 0.448 bits per heavy atom. The largest absolute Gasteiger partial charge is 0.312 e. The van der Waals surface area contributed by atoms with E-state index in [1.54, 1.807) is 0 Å². The van der Waals surface area contributed by atoms with Crippen LogP contribution in [0.2, 0.25) is 0 Å². The van der Waals surface area contributed by atoms with Gasteiger partial charge in [-0.3, -0.25) is 0 Å². The number of benzene rings is 8. The van der Waals surface area contributed by atoms with E-state index in [4.69, 9.17) is 9.97 Å². The van der Waals surface area contributed by atoms with Gasteiger partial charge in [-0.2, -0.15) is 0 Å². The molecule has 0 aliphatic heterocycles. The Morgan fingerprint density at radius 3 is 1.60 bits per heavy atom. The van der Waals surface area contributed by atoms with Crippen molar-refractivity contribution in [3.63, 3.8) is 0 Å². The average Bonchev–Trinajstić information content (AvgIpc) is 3.89. The second-order valence-electron chi connectivity index (χ2n) is 19.1. The highest BCUT2D eigenvalue weighted by atomic mass is 15.0. The molecule has 3 heterocycles. The highest BCUT2D eigenvalue weighted by Crippen LogP contribution is 2.53. The number of hydrogen-bond acceptors (Lipinski definition) is 2. The smallest absolute Gasteiger partial charge is 0.137 e. The number of nitrogens with zero attached hydrogens (tertiary/aromatic N) is 4. The van der Waals surface area contributed by atoms with E-state index in [9.17, 15) is 0 Å². The predicted octanol–water partition coefficient (Wildman–Crippen LogP) is 16.1. The van der Waals surface area contributed by atoms with Crippen LogP contribution in [0.5, 0.6) is 0 Å². The Bertz CT molecular complexity index is 3680. The van der Waals surface area contributed by atoms with E-state index in [0.29, 0.717) is 0 Å². The van der Waals surface area contributed by atoms with Crippen molar-refractivity contribution in [3.05, 3.63) is 241 Å². The van der Waals surface area contributed by atoms with Crippen LogP contribution in [-0.4, -0.2) is 19.1 Å². The van der Waals surface area contributed by atoms with E-state index >= 15 is 0 Å². The Balaban J connectivity index is 1.16. The summed E-state index contributed by atoms with van der Waals surface area (Å²) in [4.78, 5) is 11.2. The molecule has 0 spiro atoms. The van der Waals surface area contributed by atoms with Gasteiger partial charge in [-0.05, 0) is 89.2 Å². The second-order valence-corrected chi connectivity index (χ2v) is 19.1. The molecule has 0 saturated carbocycles. The van der Waals surface area contributed by atoms with Crippen molar-refractivity contribution in [3.8, 4) is 39.3 Å². The molecule has 0 saturated heterocycles. The lowest BCUT2D eigenvalue weighted by Crippen LogP contribution is -2.37. The van der Waals surface area contributed by atoms with E-state index < -0.39 is 5.41 Å². The molecule has 12 rings (SSSR count). The summed E-state index contributed by atoms with van der Waals surface area (Å²) in [6.07, 6.45) is 6.91. The van der Waals surface area contributed by atoms with E-state index in [2.05, 4.69) is 261 Å². The number of fused-ring (bicyclic) bond motifs is 6. The zero-order chi connectivity index (χ0) is 45.3. The maximum atomic E-state index is 5.58. The molecule has 4 nitrogen and oxygen atoms in total. The fraction of sp³-hybridized carbons (Fsp3) is 0.111. The molecule has 4 heteroatoms. The first-order valence-electron chi connectivity index (χ1n) is 23.4. The highest BCUT2D eigenvalue weighted by Gasteiger charge is 2.46. The van der Waals surface area contributed by atoms with Crippen LogP contribution in [0.25, 0.3) is 88.6 Å². The third-order valence-corrected chi connectivity index (χ3v) is 14.1. The molecule has 322 valence electrons. The van der Waals surface area contributed by atoms with E-state index in [1.807, 2.05) is 0 Å². The first-order chi connectivity index (χ1) is 32.8. The molecule has 0 amide bonds. The predicted molar refractivity (Wildman–Crippen MR) is 281 cm³/mol. The van der Waals surface area contributed by atoms with Crippen LogP contribution in [-0.2, 0) is 10.8 Å². The Hall–Kier alpha value is -8.08. The van der Waals surface area contributed by atoms with E-state index in [0.717, 1.165) is 50.8 Å². The van der Waals surface area contributed by atoms with Gasteiger partial charge in [0.05, 0.1) is 45.1 Å². The monoisotopic (exact) mass is 862 g/mol. The first kappa shape index (κ1) is 40.4. The van der Waals surface area contributed by atoms with Crippen LogP contribution in [0.1, 0.15) is 50.6 Å². The normalized spacial score (nSPS) is 16.3. The maximum absolute atomic E-state index is 5.58. The maximum Gasteiger partial charge on any atom is 0.137 e. The number of rotatable bonds is 7. The van der Waals surface area contributed by atoms with Crippen LogP contribution in [0.3, 0.4) is 0 Å². The minimum Gasteiger partial charge on any atom is -0.312 e. The Labute approximate surface area is 391 Å². The number of allylic oxidation sites excluding steroid dienone is 4. The Morgan fingerprint density at radius 2 is 0.955 bits per heavy atom. The van der Waals surface area contributed by atoms with Crippen molar-refractivity contribution >= 4 is 49.3 Å². The Kier molecular flexibility index (Phi) is 9.55. The number of aromatic nitrogens is 4. The number of para-hydroxylation sites is 3. The van der Waals surface area contributed by atoms with Crippen LogP contribution in [0.15, 0.2) is 224 Å². The van der Waals surface area contributed by atoms with E-state index in [1.165, 1.54) is 54.8 Å². The summed E-state index contributed by atoms with van der Waals surface area (Å²) < 4.78 is 5.02. The standard InChI is InChI=1S/C63H50N4/c1-62(2,3)46-36-38-58-50(40-46)48-28-15-18-32-56(48)67(58)60-34-20-30-52(61-64-53(43-23-10-6-11-24-43)41-54(65-61)44-25-12-7-13-26-44)63(60,4)51-29-16-19-33-59(51)66-55-31-17-14-27-47(55)49-39-45(35-37-57(49)66)42-21-8-5-9-22-42/h5-41,52H,1-4H3. The molecule has 67 heavy (non-hydrogen) atoms. The van der Waals surface area contributed by atoms with Gasteiger partial charge in [-0.1, -0.05) is 191 Å². The molecule has 1 aliphatic rings. The van der Waals surface area contributed by atoms with Crippen molar-refractivity contribution in [2.24, 2.45) is 0 Å². The van der Waals surface area contributed by atoms with Crippen LogP contribution >= 0.6 is 0 Å². The van der Waals surface area contributed by atoms with Gasteiger partial charge in [-0.25, -0.2) is 9.97 Å². The van der Waals surface area contributed by atoms with Crippen LogP contribution < -0.4 is 0 Å². The topological polar surface area (TPSA) is 35.6 Å². The van der Waals surface area contributed by atoms with Gasteiger partial charge in [0.2, 0.25) is 0 Å². The molecule has 2 unspecified atom stereocenters. The highest BCUT2D eigenvalue weighted by molar-refractivity contribution is 6.12. The minimum atomic E-state index is -0.728. The van der Waals surface area contributed by atoms with Crippen molar-refractivity contribution in [1.29, 1.82) is 0 Å². The summed E-state index contributed by atoms with van der Waals surface area (Å²) in [5.74, 6) is 0.479. The van der Waals surface area contributed by atoms with Crippen LogP contribution in [0, 0.1) is 0 Å². The SMILES string of the molecule is CC(C)(C)c1ccc2c(c1)c1ccccc1n2C1=CC=CC(c2nc(-c3ccccc3)cc(-c3ccccc3)n2)C1(C)c1ccccc1-n1c2ccccc2c2cc(-c3ccccc3)ccc21. The lowest BCUT2D eigenvalue weighted by Gasteiger charge is -2.42. The molecule has 2 atom stereocenters. The molecule has 0 N–H and O–H groups in total. The summed E-state index contributed by atoms with van der Waals surface area (Å²) in [5, 5.41) is 4.92. The quantitative estimate of drug-likeness (QED) is 0.160. The summed E-state index contributed by atoms with van der Waals surface area (Å²) in [6.45, 7) is 9.32. The molecular formula is C63H50N4. The zero-order valence-corrected chi connectivity index (χ0v) is 38.2. The molecular weight excluding hydrogens is 813 g/mol. The van der Waals surface area contributed by atoms with Crippen LogP contribution in [0.4, 0.5) is 0 Å². The average molecular weight is 863 g/mol. The molecule has 0 bridgehead atoms. The fourth-order valence-corrected chi connectivity index (χ4v) is 10.7. The molecule has 3 aromatic heterocycles. The third kappa shape index (κ3) is 6.66. The first-order valence-corrected chi connectivity index (χ1v) is 23.4. The molecule has 1 aliphatic carbocycles. The van der Waals surface area contributed by atoms with Gasteiger partial charge in [0.1, 0.15) is 5.82 Å². The van der Waals surface area contributed by atoms with Gasteiger partial charge in [0.15, 0.2) is 0 Å². The molecule has 8 aromatic carbocycles. The molecule has 0 fully saturated rings. The molecule has 11 aromatic rings. The van der Waals surface area contributed by atoms with Gasteiger partial charge < -0.3 is 9.13 Å². The molecule has 0 radical (unpaired) electrons. The summed E-state index contributed by atoms with van der Waals surface area (Å²) in [7, 11) is 0. The van der Waals surface area contributed by atoms with Gasteiger partial charge in [-0.15, -0.1) is 0 Å². The number of hydrogen-bond donors (Lipinski definition) is 0. The summed E-state index contributed by atoms with van der Waals surface area (Å²) in [5.41, 5.74) is 15.0. The second kappa shape index (κ2) is 15.8. The van der Waals surface area contributed by atoms with Gasteiger partial charge in [0.25, 0.3) is 0 Å². The fourth-order valence-electron chi connectivity index (χ4n) is 10.7. The van der Waals surface area contributed by atoms with Gasteiger partial charge >= 0.3 is 0 Å². The summed E-state index contributed by atoms with van der Waals surface area (Å²) in [6, 6.07) is 74.7.